The number of hydrogen-bond donors (Lipinski definition) is 1. The van der Waals surface area contributed by atoms with Crippen LogP contribution in [0.25, 0.3) is 0 Å². The fraction of sp³-hybridized carbons (Fsp3) is 0.385. The number of aromatic nitrogens is 2. The molecule has 0 aliphatic heterocycles. The first kappa shape index (κ1) is 12.6. The van der Waals surface area contributed by atoms with Gasteiger partial charge in [0.2, 0.25) is 5.89 Å². The summed E-state index contributed by atoms with van der Waals surface area (Å²) < 4.78 is 10.3. The smallest absolute Gasteiger partial charge is 0.246 e. The predicted octanol–water partition coefficient (Wildman–Crippen LogP) is 2.53. The zero-order valence-electron chi connectivity index (χ0n) is 10.6. The summed E-state index contributed by atoms with van der Waals surface area (Å²) in [6.07, 6.45) is 0. The van der Waals surface area contributed by atoms with Gasteiger partial charge in [-0.05, 0) is 26.0 Å². The molecule has 1 aromatic carbocycles. The third-order valence-corrected chi connectivity index (χ3v) is 2.44. The van der Waals surface area contributed by atoms with Crippen molar-refractivity contribution < 1.29 is 9.26 Å². The number of nitrogens with one attached hydrogen (secondary N) is 1. The lowest BCUT2D eigenvalue weighted by atomic mass is 10.2. The van der Waals surface area contributed by atoms with Crippen molar-refractivity contribution in [1.29, 1.82) is 0 Å². The van der Waals surface area contributed by atoms with E-state index >= 15 is 0 Å². The predicted molar refractivity (Wildman–Crippen MR) is 68.1 cm³/mol. The molecule has 0 atom stereocenters. The fourth-order valence-corrected chi connectivity index (χ4v) is 1.46. The Morgan fingerprint density at radius 2 is 2.06 bits per heavy atom. The third kappa shape index (κ3) is 3.56. The molecule has 5 nitrogen and oxygen atoms in total. The lowest BCUT2D eigenvalue weighted by molar-refractivity contribution is 0.126. The van der Waals surface area contributed by atoms with E-state index in [0.29, 0.717) is 31.5 Å². The highest BCUT2D eigenvalue weighted by molar-refractivity contribution is 5.44. The number of aryl methyl sites for hydroxylation is 1. The van der Waals surface area contributed by atoms with Gasteiger partial charge in [0.15, 0.2) is 5.82 Å². The molecule has 0 amide bonds. The van der Waals surface area contributed by atoms with Crippen LogP contribution in [-0.2, 0) is 17.9 Å². The van der Waals surface area contributed by atoms with Crippen LogP contribution in [0, 0.1) is 6.92 Å². The van der Waals surface area contributed by atoms with Crippen molar-refractivity contribution in [2.75, 3.05) is 11.9 Å². The van der Waals surface area contributed by atoms with Crippen molar-refractivity contribution in [3.05, 3.63) is 41.5 Å². The van der Waals surface area contributed by atoms with Gasteiger partial charge in [0, 0.05) is 12.3 Å². The molecule has 0 saturated carbocycles. The van der Waals surface area contributed by atoms with Gasteiger partial charge in [-0.3, -0.25) is 0 Å². The average molecular weight is 247 g/mol. The minimum Gasteiger partial charge on any atom is -0.376 e. The lowest BCUT2D eigenvalue weighted by Crippen LogP contribution is -2.00. The molecule has 0 bridgehead atoms. The topological polar surface area (TPSA) is 60.2 Å². The summed E-state index contributed by atoms with van der Waals surface area (Å²) in [6, 6.07) is 8.15. The minimum absolute atomic E-state index is 0.393. The van der Waals surface area contributed by atoms with Crippen molar-refractivity contribution in [2.24, 2.45) is 0 Å². The molecule has 0 aliphatic rings. The van der Waals surface area contributed by atoms with Crippen molar-refractivity contribution in [3.63, 3.8) is 0 Å². The second-order valence-corrected chi connectivity index (χ2v) is 3.96. The highest BCUT2D eigenvalue weighted by Crippen LogP contribution is 2.10. The summed E-state index contributed by atoms with van der Waals surface area (Å²) in [6.45, 7) is 5.54. The zero-order valence-corrected chi connectivity index (χ0v) is 10.6. The van der Waals surface area contributed by atoms with Gasteiger partial charge in [-0.2, -0.15) is 4.98 Å². The summed E-state index contributed by atoms with van der Waals surface area (Å²) in [7, 11) is 0. The van der Waals surface area contributed by atoms with Gasteiger partial charge in [-0.25, -0.2) is 0 Å². The van der Waals surface area contributed by atoms with Gasteiger partial charge in [-0.1, -0.05) is 22.9 Å². The molecule has 5 heteroatoms. The Kier molecular flexibility index (Phi) is 4.30. The van der Waals surface area contributed by atoms with Crippen LogP contribution in [0.5, 0.6) is 0 Å². The first-order chi connectivity index (χ1) is 8.78. The van der Waals surface area contributed by atoms with Crippen LogP contribution in [0.1, 0.15) is 24.2 Å². The molecule has 0 fully saturated rings. The van der Waals surface area contributed by atoms with Gasteiger partial charge in [-0.15, -0.1) is 0 Å². The first-order valence-electron chi connectivity index (χ1n) is 5.97. The van der Waals surface area contributed by atoms with Crippen LogP contribution >= 0.6 is 0 Å². The second-order valence-electron chi connectivity index (χ2n) is 3.96. The van der Waals surface area contributed by atoms with Gasteiger partial charge in [0.1, 0.15) is 6.61 Å². The number of nitrogens with zero attached hydrogens (tertiary/aromatic N) is 2. The number of hydrogen-bond acceptors (Lipinski definition) is 5. The van der Waals surface area contributed by atoms with E-state index in [1.807, 2.05) is 19.1 Å². The molecule has 2 aromatic rings. The average Bonchev–Trinajstić information content (AvgIpc) is 2.84. The van der Waals surface area contributed by atoms with Crippen LogP contribution in [0.2, 0.25) is 0 Å². The third-order valence-electron chi connectivity index (χ3n) is 2.44. The standard InChI is InChI=1S/C13H17N3O2/c1-3-17-9-12-15-13(18-16-12)8-14-11-6-4-10(2)5-7-11/h4-7,14H,3,8-9H2,1-2H3. The maximum absolute atomic E-state index is 5.20. The van der Waals surface area contributed by atoms with E-state index in [9.17, 15) is 0 Å². The number of rotatable bonds is 6. The number of anilines is 1. The molecule has 96 valence electrons. The molecule has 1 aromatic heterocycles. The SMILES string of the molecule is CCOCc1noc(CNc2ccc(C)cc2)n1. The van der Waals surface area contributed by atoms with Crippen molar-refractivity contribution in [2.45, 2.75) is 27.0 Å². The molecule has 0 radical (unpaired) electrons. The van der Waals surface area contributed by atoms with Crippen molar-refractivity contribution in [3.8, 4) is 0 Å². The van der Waals surface area contributed by atoms with Gasteiger partial charge >= 0.3 is 0 Å². The van der Waals surface area contributed by atoms with E-state index in [1.54, 1.807) is 0 Å². The Balaban J connectivity index is 1.86. The van der Waals surface area contributed by atoms with E-state index in [4.69, 9.17) is 9.26 Å². The fourth-order valence-electron chi connectivity index (χ4n) is 1.46. The van der Waals surface area contributed by atoms with Crippen LogP contribution < -0.4 is 5.32 Å². The Hall–Kier alpha value is -1.88. The van der Waals surface area contributed by atoms with E-state index in [0.717, 1.165) is 5.69 Å². The summed E-state index contributed by atoms with van der Waals surface area (Å²) in [5, 5.41) is 7.05. The van der Waals surface area contributed by atoms with E-state index in [2.05, 4.69) is 34.5 Å². The van der Waals surface area contributed by atoms with Crippen LogP contribution in [0.3, 0.4) is 0 Å². The quantitative estimate of drug-likeness (QED) is 0.850. The van der Waals surface area contributed by atoms with Gasteiger partial charge < -0.3 is 14.6 Å². The number of ether oxygens (including phenoxy) is 1. The zero-order chi connectivity index (χ0) is 12.8. The highest BCUT2D eigenvalue weighted by Gasteiger charge is 2.05. The largest absolute Gasteiger partial charge is 0.376 e. The van der Waals surface area contributed by atoms with Crippen LogP contribution in [0.15, 0.2) is 28.8 Å². The number of benzene rings is 1. The van der Waals surface area contributed by atoms with Crippen LogP contribution in [0.4, 0.5) is 5.69 Å². The van der Waals surface area contributed by atoms with E-state index < -0.39 is 0 Å². The minimum atomic E-state index is 0.393. The molecule has 0 aliphatic carbocycles. The molecule has 2 rings (SSSR count). The van der Waals surface area contributed by atoms with Gasteiger partial charge in [0.25, 0.3) is 0 Å². The van der Waals surface area contributed by atoms with E-state index in [-0.39, 0.29) is 0 Å². The molecular weight excluding hydrogens is 230 g/mol. The molecule has 1 heterocycles. The maximum Gasteiger partial charge on any atom is 0.246 e. The van der Waals surface area contributed by atoms with Crippen molar-refractivity contribution in [1.82, 2.24) is 10.1 Å². The summed E-state index contributed by atoms with van der Waals surface area (Å²) >= 11 is 0. The Labute approximate surface area is 106 Å². The second kappa shape index (κ2) is 6.16. The van der Waals surface area contributed by atoms with E-state index in [1.165, 1.54) is 5.56 Å². The van der Waals surface area contributed by atoms with Crippen LogP contribution in [-0.4, -0.2) is 16.7 Å². The molecule has 18 heavy (non-hydrogen) atoms. The lowest BCUT2D eigenvalue weighted by Gasteiger charge is -2.02. The summed E-state index contributed by atoms with van der Waals surface area (Å²) in [5.74, 6) is 1.14. The molecule has 0 saturated heterocycles. The Bertz CT molecular complexity index is 479. The maximum atomic E-state index is 5.20. The molecular formula is C13H17N3O2. The monoisotopic (exact) mass is 247 g/mol. The normalized spacial score (nSPS) is 10.6. The Morgan fingerprint density at radius 3 is 2.78 bits per heavy atom. The van der Waals surface area contributed by atoms with Crippen molar-refractivity contribution >= 4 is 5.69 Å². The molecule has 0 spiro atoms. The Morgan fingerprint density at radius 1 is 1.28 bits per heavy atom. The molecule has 0 unspecified atom stereocenters. The van der Waals surface area contributed by atoms with Gasteiger partial charge in [0.05, 0.1) is 6.54 Å². The summed E-state index contributed by atoms with van der Waals surface area (Å²) in [4.78, 5) is 4.22. The first-order valence-corrected chi connectivity index (χ1v) is 5.97. The molecule has 1 N–H and O–H groups in total. The summed E-state index contributed by atoms with van der Waals surface area (Å²) in [5.41, 5.74) is 2.27. The highest BCUT2D eigenvalue weighted by atomic mass is 16.5.